The van der Waals surface area contributed by atoms with Gasteiger partial charge in [0.25, 0.3) is 0 Å². The Hall–Kier alpha value is -3.33. The Bertz CT molecular complexity index is 1460. The Morgan fingerprint density at radius 3 is 2.61 bits per heavy atom. The van der Waals surface area contributed by atoms with Crippen molar-refractivity contribution in [1.82, 2.24) is 24.6 Å². The quantitative estimate of drug-likeness (QED) is 0.196. The molecular formula is C27H38N8O4S2. The number of nitrogens with zero attached hydrogens (tertiary/aromatic N) is 5. The maximum absolute atomic E-state index is 12.3. The second-order valence-corrected chi connectivity index (χ2v) is 12.8. The molecule has 222 valence electrons. The third-order valence-electron chi connectivity index (χ3n) is 6.57. The number of carbonyl (C=O) groups is 1. The molecule has 0 unspecified atom stereocenters. The van der Waals surface area contributed by atoms with Crippen LogP contribution in [0.2, 0.25) is 0 Å². The van der Waals surface area contributed by atoms with Crippen LogP contribution in [0, 0.1) is 6.92 Å². The van der Waals surface area contributed by atoms with E-state index in [0.29, 0.717) is 34.8 Å². The van der Waals surface area contributed by atoms with Crippen molar-refractivity contribution in [2.75, 3.05) is 62.9 Å². The van der Waals surface area contributed by atoms with Crippen molar-refractivity contribution in [3.05, 3.63) is 46.0 Å². The number of aromatic nitrogens is 3. The first-order chi connectivity index (χ1) is 19.6. The maximum Gasteiger partial charge on any atom is 0.350 e. The smallest absolute Gasteiger partial charge is 0.350 e. The van der Waals surface area contributed by atoms with Crippen LogP contribution in [0.3, 0.4) is 0 Å². The molecule has 1 aliphatic heterocycles. The van der Waals surface area contributed by atoms with E-state index in [2.05, 4.69) is 30.1 Å². The maximum atomic E-state index is 12.3. The average Bonchev–Trinajstić information content (AvgIpc) is 3.31. The van der Waals surface area contributed by atoms with E-state index in [9.17, 15) is 13.2 Å². The molecule has 41 heavy (non-hydrogen) atoms. The molecule has 0 bridgehead atoms. The average molecular weight is 603 g/mol. The minimum absolute atomic E-state index is 0.224. The summed E-state index contributed by atoms with van der Waals surface area (Å²) in [5, 5.41) is 7.22. The van der Waals surface area contributed by atoms with Gasteiger partial charge in [-0.1, -0.05) is 23.5 Å². The normalized spacial score (nSPS) is 13.3. The molecule has 0 fully saturated rings. The highest BCUT2D eigenvalue weighted by molar-refractivity contribution is 7.89. The number of nitrogens with one attached hydrogen (secondary N) is 3. The molecule has 0 spiro atoms. The monoisotopic (exact) mass is 602 g/mol. The van der Waals surface area contributed by atoms with Crippen molar-refractivity contribution in [2.45, 2.75) is 44.6 Å². The molecule has 3 aromatic rings. The summed E-state index contributed by atoms with van der Waals surface area (Å²) in [5.41, 5.74) is 2.60. The highest BCUT2D eigenvalue weighted by Crippen LogP contribution is 2.34. The minimum atomic E-state index is -3.50. The third kappa shape index (κ3) is 7.70. The van der Waals surface area contributed by atoms with Crippen LogP contribution in [-0.2, 0) is 27.7 Å². The van der Waals surface area contributed by atoms with Gasteiger partial charge in [-0.2, -0.15) is 9.97 Å². The van der Waals surface area contributed by atoms with Gasteiger partial charge in [-0.15, -0.1) is 0 Å². The van der Waals surface area contributed by atoms with E-state index in [4.69, 9.17) is 14.7 Å². The standard InChI is InChI=1S/C27H38N8O4S2/c1-6-39-25(36)22-18(2)30-27(40-22)33-26-31-23(29-14-8-15-34(4)5)21-9-7-16-35(24(21)32-26)17-19-10-12-20(13-11-19)41(37,38)28-3/h10-13,28H,6-9,14-17H2,1-5H3,(H2,29,30,31,32,33). The van der Waals surface area contributed by atoms with Crippen LogP contribution in [0.1, 0.15) is 46.3 Å². The zero-order valence-electron chi connectivity index (χ0n) is 24.2. The van der Waals surface area contributed by atoms with Crippen LogP contribution in [0.25, 0.3) is 0 Å². The molecule has 0 aliphatic carbocycles. The number of rotatable bonds is 13. The molecule has 12 nitrogen and oxygen atoms in total. The molecule has 1 aromatic carbocycles. The number of esters is 1. The highest BCUT2D eigenvalue weighted by atomic mass is 32.2. The highest BCUT2D eigenvalue weighted by Gasteiger charge is 2.25. The zero-order chi connectivity index (χ0) is 29.6. The summed E-state index contributed by atoms with van der Waals surface area (Å²) in [6.07, 6.45) is 2.73. The predicted molar refractivity (Wildman–Crippen MR) is 162 cm³/mol. The number of sulfonamides is 1. The summed E-state index contributed by atoms with van der Waals surface area (Å²) in [4.78, 5) is 31.5. The van der Waals surface area contributed by atoms with Crippen molar-refractivity contribution >= 4 is 50.0 Å². The molecule has 3 N–H and O–H groups in total. The first-order valence-electron chi connectivity index (χ1n) is 13.6. The van der Waals surface area contributed by atoms with Crippen molar-refractivity contribution in [1.29, 1.82) is 0 Å². The number of hydrogen-bond donors (Lipinski definition) is 3. The van der Waals surface area contributed by atoms with Crippen molar-refractivity contribution < 1.29 is 17.9 Å². The Kier molecular flexibility index (Phi) is 10.1. The molecule has 4 rings (SSSR count). The van der Waals surface area contributed by atoms with E-state index < -0.39 is 16.0 Å². The lowest BCUT2D eigenvalue weighted by Crippen LogP contribution is -2.31. The van der Waals surface area contributed by atoms with Crippen LogP contribution in [0.5, 0.6) is 0 Å². The Balaban J connectivity index is 1.63. The number of thiazole rings is 1. The number of hydrogen-bond acceptors (Lipinski definition) is 12. The van der Waals surface area contributed by atoms with Crippen molar-refractivity contribution in [3.63, 3.8) is 0 Å². The molecule has 2 aromatic heterocycles. The fraction of sp³-hybridized carbons (Fsp3) is 0.481. The Labute approximate surface area is 245 Å². The lowest BCUT2D eigenvalue weighted by atomic mass is 10.0. The topological polar surface area (TPSA) is 142 Å². The van der Waals surface area contributed by atoms with Crippen molar-refractivity contribution in [2.24, 2.45) is 0 Å². The summed E-state index contributed by atoms with van der Waals surface area (Å²) in [6, 6.07) is 6.88. The number of fused-ring (bicyclic) bond motifs is 1. The molecule has 3 heterocycles. The summed E-state index contributed by atoms with van der Waals surface area (Å²) < 4.78 is 31.8. The van der Waals surface area contributed by atoms with Gasteiger partial charge in [0.05, 0.1) is 17.2 Å². The molecule has 0 radical (unpaired) electrons. The summed E-state index contributed by atoms with van der Waals surface area (Å²) in [7, 11) is 2.00. The molecule has 1 aliphatic rings. The lowest BCUT2D eigenvalue weighted by molar-refractivity contribution is 0.0531. The Morgan fingerprint density at radius 1 is 1.17 bits per heavy atom. The number of benzene rings is 1. The third-order valence-corrected chi connectivity index (χ3v) is 9.05. The van der Waals surface area contributed by atoms with E-state index in [-0.39, 0.29) is 4.90 Å². The lowest BCUT2D eigenvalue weighted by Gasteiger charge is -2.31. The van der Waals surface area contributed by atoms with Gasteiger partial charge in [-0.05, 0) is 78.5 Å². The molecular weight excluding hydrogens is 564 g/mol. The molecule has 14 heteroatoms. The fourth-order valence-corrected chi connectivity index (χ4v) is 6.10. The number of aryl methyl sites for hydroxylation is 1. The van der Waals surface area contributed by atoms with Gasteiger partial charge >= 0.3 is 5.97 Å². The zero-order valence-corrected chi connectivity index (χ0v) is 25.8. The van der Waals surface area contributed by atoms with Crippen LogP contribution in [0.15, 0.2) is 29.2 Å². The van der Waals surface area contributed by atoms with Crippen LogP contribution >= 0.6 is 11.3 Å². The van der Waals surface area contributed by atoms with E-state index >= 15 is 0 Å². The van der Waals surface area contributed by atoms with E-state index in [1.54, 1.807) is 26.0 Å². The van der Waals surface area contributed by atoms with Gasteiger partial charge in [0.2, 0.25) is 16.0 Å². The fourth-order valence-electron chi connectivity index (χ4n) is 4.52. The first kappa shape index (κ1) is 30.6. The van der Waals surface area contributed by atoms with E-state index in [1.165, 1.54) is 18.4 Å². The van der Waals surface area contributed by atoms with Crippen LogP contribution in [-0.4, -0.2) is 81.6 Å². The predicted octanol–water partition coefficient (Wildman–Crippen LogP) is 3.39. The largest absolute Gasteiger partial charge is 0.462 e. The second kappa shape index (κ2) is 13.6. The Morgan fingerprint density at radius 2 is 1.93 bits per heavy atom. The SMILES string of the molecule is CCOC(=O)c1sc(Nc2nc(NCCCN(C)C)c3c(n2)N(Cc2ccc(S(=O)(=O)NC)cc2)CCC3)nc1C. The minimum Gasteiger partial charge on any atom is -0.462 e. The van der Waals surface area contributed by atoms with Gasteiger partial charge < -0.3 is 19.9 Å². The number of anilines is 4. The molecule has 0 saturated heterocycles. The van der Waals surface area contributed by atoms with Crippen molar-refractivity contribution in [3.8, 4) is 0 Å². The van der Waals surface area contributed by atoms with Gasteiger partial charge in [-0.3, -0.25) is 5.32 Å². The summed E-state index contributed by atoms with van der Waals surface area (Å²) >= 11 is 1.21. The number of ether oxygens (including phenoxy) is 1. The molecule has 0 atom stereocenters. The van der Waals surface area contributed by atoms with Gasteiger partial charge in [0, 0.05) is 25.2 Å². The van der Waals surface area contributed by atoms with Gasteiger partial charge in [-0.25, -0.2) is 22.9 Å². The number of carbonyl (C=O) groups excluding carboxylic acids is 1. The van der Waals surface area contributed by atoms with E-state index in [0.717, 1.165) is 61.7 Å². The molecule has 0 saturated carbocycles. The van der Waals surface area contributed by atoms with Gasteiger partial charge in [0.15, 0.2) is 5.13 Å². The van der Waals surface area contributed by atoms with E-state index in [1.807, 2.05) is 26.2 Å². The first-order valence-corrected chi connectivity index (χ1v) is 15.9. The van der Waals surface area contributed by atoms with Gasteiger partial charge in [0.1, 0.15) is 16.5 Å². The second-order valence-electron chi connectivity index (χ2n) is 9.94. The molecule has 0 amide bonds. The summed E-state index contributed by atoms with van der Waals surface area (Å²) in [6.45, 7) is 6.90. The summed E-state index contributed by atoms with van der Waals surface area (Å²) in [5.74, 6) is 1.57. The van der Waals surface area contributed by atoms with Crippen LogP contribution in [0.4, 0.5) is 22.7 Å². The van der Waals surface area contributed by atoms with Crippen LogP contribution < -0.4 is 20.3 Å².